The van der Waals surface area contributed by atoms with E-state index in [1.807, 2.05) is 6.07 Å². The van der Waals surface area contributed by atoms with Crippen LogP contribution in [0.1, 0.15) is 74.7 Å². The van der Waals surface area contributed by atoms with Crippen LogP contribution in [0.5, 0.6) is 5.88 Å². The minimum atomic E-state index is -1.09. The Morgan fingerprint density at radius 3 is 2.25 bits per heavy atom. The Kier molecular flexibility index (Phi) is 11.9. The van der Waals surface area contributed by atoms with Gasteiger partial charge in [-0.15, -0.1) is 0 Å². The molecule has 16 nitrogen and oxygen atoms in total. The van der Waals surface area contributed by atoms with Crippen LogP contribution in [0.3, 0.4) is 0 Å². The Morgan fingerprint density at radius 1 is 0.885 bits per heavy atom. The molecule has 2 aromatic rings. The lowest BCUT2D eigenvalue weighted by Gasteiger charge is -2.37. The molecule has 2 aliphatic heterocycles. The fourth-order valence-corrected chi connectivity index (χ4v) is 6.63. The minimum Gasteiger partial charge on any atom is -0.469 e. The number of hydrogen-bond donors (Lipinski definition) is 2. The number of carbonyl (C=O) groups excluding carboxylic acids is 6. The predicted molar refractivity (Wildman–Crippen MR) is 184 cm³/mol. The van der Waals surface area contributed by atoms with E-state index in [4.69, 9.17) is 14.2 Å². The van der Waals surface area contributed by atoms with Gasteiger partial charge < -0.3 is 39.5 Å². The van der Waals surface area contributed by atoms with Crippen LogP contribution in [-0.4, -0.2) is 131 Å². The maximum atomic E-state index is 13.7. The van der Waals surface area contributed by atoms with Gasteiger partial charge in [0.1, 0.15) is 18.2 Å². The van der Waals surface area contributed by atoms with Crippen molar-refractivity contribution in [3.63, 3.8) is 0 Å². The molecule has 4 aliphatic rings. The largest absolute Gasteiger partial charge is 0.469 e. The molecular weight excluding hydrogens is 674 g/mol. The van der Waals surface area contributed by atoms with Crippen LogP contribution in [0, 0.1) is 0 Å². The number of ether oxygens (including phenoxy) is 3. The van der Waals surface area contributed by atoms with Crippen molar-refractivity contribution in [2.45, 2.75) is 88.4 Å². The monoisotopic (exact) mass is 721 g/mol. The summed E-state index contributed by atoms with van der Waals surface area (Å²) in [5.41, 5.74) is 0.486. The minimum absolute atomic E-state index is 0.0240. The fraction of sp³-hybridized carbons (Fsp3) is 0.583. The van der Waals surface area contributed by atoms with E-state index in [0.717, 1.165) is 38.5 Å². The number of likely N-dealkylation sites (tertiary alicyclic amines) is 1. The number of methoxy groups -OCH3 is 1. The van der Waals surface area contributed by atoms with E-state index in [0.29, 0.717) is 25.1 Å². The number of carbonyl (C=O) groups is 6. The molecule has 2 saturated carbocycles. The highest BCUT2D eigenvalue weighted by Gasteiger charge is 2.37. The molecule has 280 valence electrons. The lowest BCUT2D eigenvalue weighted by Crippen LogP contribution is -2.56. The van der Waals surface area contributed by atoms with Crippen molar-refractivity contribution in [1.29, 1.82) is 0 Å². The smallest absolute Gasteiger partial charge is 0.410 e. The van der Waals surface area contributed by atoms with Gasteiger partial charge in [-0.1, -0.05) is 18.2 Å². The zero-order chi connectivity index (χ0) is 36.6. The SMILES string of the molecule is COC(=O)CC[C@H](NC(=O)c1cc(OCC(=O)N2CCC[C@H]2C(=O)NC2CCC2)n(-c2ccccc2)n1)C(=O)N1CCN(C(=O)OC2CCC2)CC1. The van der Waals surface area contributed by atoms with Crippen molar-refractivity contribution >= 4 is 35.7 Å². The molecule has 3 heterocycles. The molecule has 16 heteroatoms. The first kappa shape index (κ1) is 36.6. The Hall–Kier alpha value is -5.15. The highest BCUT2D eigenvalue weighted by Crippen LogP contribution is 2.25. The van der Waals surface area contributed by atoms with Crippen molar-refractivity contribution in [3.05, 3.63) is 42.1 Å². The van der Waals surface area contributed by atoms with Gasteiger partial charge in [-0.2, -0.15) is 5.10 Å². The van der Waals surface area contributed by atoms with Crippen molar-refractivity contribution in [2.24, 2.45) is 0 Å². The zero-order valence-corrected chi connectivity index (χ0v) is 29.5. The lowest BCUT2D eigenvalue weighted by atomic mass is 9.93. The molecule has 52 heavy (non-hydrogen) atoms. The highest BCUT2D eigenvalue weighted by atomic mass is 16.6. The predicted octanol–water partition coefficient (Wildman–Crippen LogP) is 1.80. The van der Waals surface area contributed by atoms with Crippen LogP contribution in [0.2, 0.25) is 0 Å². The molecule has 2 N–H and O–H groups in total. The topological polar surface area (TPSA) is 182 Å². The third-order valence-corrected chi connectivity index (χ3v) is 10.2. The van der Waals surface area contributed by atoms with Crippen LogP contribution in [0.15, 0.2) is 36.4 Å². The van der Waals surface area contributed by atoms with Gasteiger partial charge >= 0.3 is 12.1 Å². The molecule has 5 amide bonds. The maximum Gasteiger partial charge on any atom is 0.410 e. The van der Waals surface area contributed by atoms with Gasteiger partial charge in [0, 0.05) is 51.3 Å². The van der Waals surface area contributed by atoms with Crippen molar-refractivity contribution in [3.8, 4) is 11.6 Å². The second-order valence-electron chi connectivity index (χ2n) is 13.7. The van der Waals surface area contributed by atoms with Gasteiger partial charge in [0.05, 0.1) is 12.8 Å². The highest BCUT2D eigenvalue weighted by molar-refractivity contribution is 5.96. The number of para-hydroxylation sites is 1. The fourth-order valence-electron chi connectivity index (χ4n) is 6.63. The molecule has 1 aromatic carbocycles. The molecule has 2 aliphatic carbocycles. The van der Waals surface area contributed by atoms with Crippen LogP contribution in [0.4, 0.5) is 4.79 Å². The van der Waals surface area contributed by atoms with Crippen molar-refractivity contribution in [2.75, 3.05) is 46.4 Å². The zero-order valence-electron chi connectivity index (χ0n) is 29.5. The number of benzene rings is 1. The molecule has 2 atom stereocenters. The first-order chi connectivity index (χ1) is 25.2. The van der Waals surface area contributed by atoms with Gasteiger partial charge in [-0.3, -0.25) is 24.0 Å². The molecular formula is C36H47N7O9. The van der Waals surface area contributed by atoms with Crippen LogP contribution in [0.25, 0.3) is 5.69 Å². The number of amides is 5. The summed E-state index contributed by atoms with van der Waals surface area (Å²) in [5, 5.41) is 10.2. The number of aromatic nitrogens is 2. The van der Waals surface area contributed by atoms with Crippen LogP contribution >= 0.6 is 0 Å². The maximum absolute atomic E-state index is 13.7. The first-order valence-electron chi connectivity index (χ1n) is 18.2. The van der Waals surface area contributed by atoms with E-state index in [9.17, 15) is 28.8 Å². The molecule has 2 saturated heterocycles. The second kappa shape index (κ2) is 16.9. The van der Waals surface area contributed by atoms with E-state index < -0.39 is 36.0 Å². The molecule has 0 spiro atoms. The van der Waals surface area contributed by atoms with E-state index in [1.54, 1.807) is 39.0 Å². The van der Waals surface area contributed by atoms with Gasteiger partial charge in [-0.25, -0.2) is 9.48 Å². The summed E-state index contributed by atoms with van der Waals surface area (Å²) < 4.78 is 17.6. The molecule has 0 radical (unpaired) electrons. The third kappa shape index (κ3) is 8.83. The summed E-state index contributed by atoms with van der Waals surface area (Å²) in [6.07, 6.45) is 6.45. The van der Waals surface area contributed by atoms with Crippen LogP contribution in [-0.2, 0) is 28.7 Å². The van der Waals surface area contributed by atoms with Crippen molar-refractivity contribution < 1.29 is 43.0 Å². The van der Waals surface area contributed by atoms with Gasteiger partial charge in [0.25, 0.3) is 11.8 Å². The van der Waals surface area contributed by atoms with Crippen LogP contribution < -0.4 is 15.4 Å². The Balaban J connectivity index is 1.12. The van der Waals surface area contributed by atoms with Gasteiger partial charge in [0.15, 0.2) is 12.3 Å². The Morgan fingerprint density at radius 2 is 1.60 bits per heavy atom. The number of piperazine rings is 1. The Bertz CT molecular complexity index is 1620. The molecule has 4 fully saturated rings. The first-order valence-corrected chi connectivity index (χ1v) is 18.2. The number of nitrogens with zero attached hydrogens (tertiary/aromatic N) is 5. The number of rotatable bonds is 13. The average Bonchev–Trinajstić information content (AvgIpc) is 3.80. The summed E-state index contributed by atoms with van der Waals surface area (Å²) in [5.74, 6) is -2.03. The summed E-state index contributed by atoms with van der Waals surface area (Å²) in [4.78, 5) is 82.9. The summed E-state index contributed by atoms with van der Waals surface area (Å²) in [6.45, 7) is 1.08. The van der Waals surface area contributed by atoms with Gasteiger partial charge in [0.2, 0.25) is 17.7 Å². The molecule has 0 bridgehead atoms. The number of hydrogen-bond acceptors (Lipinski definition) is 10. The average molecular weight is 722 g/mol. The van der Waals surface area contributed by atoms with E-state index in [2.05, 4.69) is 15.7 Å². The third-order valence-electron chi connectivity index (χ3n) is 10.2. The standard InChI is InChI=1S/C36H47N7O9/c1-50-32(45)16-15-27(35(48)40-18-20-41(21-19-40)36(49)52-26-12-6-13-26)38-33(46)28-22-31(43(39-28)25-10-3-2-4-11-25)51-23-30(44)42-17-7-14-29(42)34(47)37-24-8-5-9-24/h2-4,10-11,22,24,26-27,29H,5-9,12-21,23H2,1H3,(H,37,47)(H,38,46)/t27-,29-/m0/s1. The molecule has 1 aromatic heterocycles. The van der Waals surface area contributed by atoms with E-state index in [1.165, 1.54) is 17.9 Å². The molecule has 6 rings (SSSR count). The number of nitrogens with one attached hydrogen (secondary N) is 2. The molecule has 0 unspecified atom stereocenters. The Labute approximate surface area is 302 Å². The van der Waals surface area contributed by atoms with E-state index >= 15 is 0 Å². The van der Waals surface area contributed by atoms with E-state index in [-0.39, 0.29) is 81.2 Å². The lowest BCUT2D eigenvalue weighted by molar-refractivity contribution is -0.141. The summed E-state index contributed by atoms with van der Waals surface area (Å²) >= 11 is 0. The summed E-state index contributed by atoms with van der Waals surface area (Å²) in [6, 6.07) is 8.82. The summed E-state index contributed by atoms with van der Waals surface area (Å²) in [7, 11) is 1.25. The quantitative estimate of drug-likeness (QED) is 0.290. The number of esters is 1. The van der Waals surface area contributed by atoms with Gasteiger partial charge in [-0.05, 0) is 69.9 Å². The normalized spacial score (nSPS) is 19.6. The second-order valence-corrected chi connectivity index (χ2v) is 13.7. The van der Waals surface area contributed by atoms with Crippen molar-refractivity contribution in [1.82, 2.24) is 35.1 Å².